The fourth-order valence-electron chi connectivity index (χ4n) is 3.28. The molecule has 2 aromatic carbocycles. The van der Waals surface area contributed by atoms with Crippen molar-refractivity contribution in [2.24, 2.45) is 7.05 Å². The van der Waals surface area contributed by atoms with Gasteiger partial charge in [-0.3, -0.25) is 4.79 Å². The fourth-order valence-corrected chi connectivity index (χ4v) is 5.32. The Hall–Kier alpha value is -2.65. The molecule has 3 aromatic rings. The van der Waals surface area contributed by atoms with Gasteiger partial charge < -0.3 is 9.88 Å². The normalized spacial score (nSPS) is 11.5. The maximum absolute atomic E-state index is 12.7. The third-order valence-corrected chi connectivity index (χ3v) is 7.55. The molecule has 0 aliphatic carbocycles. The van der Waals surface area contributed by atoms with Crippen molar-refractivity contribution >= 4 is 33.2 Å². The standard InChI is InChI=1S/C22H26N4O3S2/c1-14-6-8-18(9-7-14)31(28,29)13-19-24-25-22(26(19)5)30-12-20(27)23-21-16(3)10-15(2)11-17(21)4/h6-11H,12-13H2,1-5H3,(H,23,27). The zero-order valence-electron chi connectivity index (χ0n) is 18.3. The first-order chi connectivity index (χ1) is 14.6. The summed E-state index contributed by atoms with van der Waals surface area (Å²) < 4.78 is 27.0. The second-order valence-corrected chi connectivity index (χ2v) is 10.6. The molecule has 0 atom stereocenters. The van der Waals surface area contributed by atoms with E-state index in [1.807, 2.05) is 39.8 Å². The number of carbonyl (C=O) groups excluding carboxylic acids is 1. The fraction of sp³-hybridized carbons (Fsp3) is 0.318. The van der Waals surface area contributed by atoms with E-state index in [2.05, 4.69) is 15.5 Å². The van der Waals surface area contributed by atoms with Gasteiger partial charge in [0.15, 0.2) is 15.0 Å². The summed E-state index contributed by atoms with van der Waals surface area (Å²) in [7, 11) is -1.83. The van der Waals surface area contributed by atoms with Crippen LogP contribution >= 0.6 is 11.8 Å². The van der Waals surface area contributed by atoms with Crippen molar-refractivity contribution in [2.75, 3.05) is 11.1 Å². The van der Waals surface area contributed by atoms with Gasteiger partial charge in [-0.25, -0.2) is 8.42 Å². The van der Waals surface area contributed by atoms with Gasteiger partial charge in [0.2, 0.25) is 5.91 Å². The molecule has 0 bridgehead atoms. The number of hydrogen-bond acceptors (Lipinski definition) is 6. The highest BCUT2D eigenvalue weighted by molar-refractivity contribution is 7.99. The number of nitrogens with zero attached hydrogens (tertiary/aromatic N) is 3. The molecule has 0 spiro atoms. The number of rotatable bonds is 7. The molecule has 1 aromatic heterocycles. The number of nitrogens with one attached hydrogen (secondary N) is 1. The highest BCUT2D eigenvalue weighted by atomic mass is 32.2. The summed E-state index contributed by atoms with van der Waals surface area (Å²) in [5.41, 5.74) is 4.98. The number of aromatic nitrogens is 3. The third-order valence-electron chi connectivity index (χ3n) is 4.90. The lowest BCUT2D eigenvalue weighted by atomic mass is 10.1. The Morgan fingerprint density at radius 1 is 1.00 bits per heavy atom. The Morgan fingerprint density at radius 3 is 2.23 bits per heavy atom. The number of hydrogen-bond donors (Lipinski definition) is 1. The monoisotopic (exact) mass is 458 g/mol. The van der Waals surface area contributed by atoms with Gasteiger partial charge in [0, 0.05) is 12.7 Å². The van der Waals surface area contributed by atoms with Crippen molar-refractivity contribution in [3.8, 4) is 0 Å². The quantitative estimate of drug-likeness (QED) is 0.542. The Balaban J connectivity index is 1.65. The highest BCUT2D eigenvalue weighted by Crippen LogP contribution is 2.24. The van der Waals surface area contributed by atoms with Crippen LogP contribution in [0.1, 0.15) is 28.1 Å². The first kappa shape index (κ1) is 23.0. The Morgan fingerprint density at radius 2 is 1.61 bits per heavy atom. The number of amides is 1. The van der Waals surface area contributed by atoms with Gasteiger partial charge in [0.05, 0.1) is 10.6 Å². The zero-order chi connectivity index (χ0) is 22.8. The van der Waals surface area contributed by atoms with Gasteiger partial charge in [0.25, 0.3) is 0 Å². The van der Waals surface area contributed by atoms with Crippen LogP contribution in [0.4, 0.5) is 5.69 Å². The van der Waals surface area contributed by atoms with E-state index >= 15 is 0 Å². The average molecular weight is 459 g/mol. The van der Waals surface area contributed by atoms with E-state index in [0.717, 1.165) is 27.9 Å². The molecule has 0 saturated carbocycles. The van der Waals surface area contributed by atoms with Crippen LogP contribution in [-0.4, -0.2) is 34.8 Å². The molecule has 31 heavy (non-hydrogen) atoms. The molecule has 0 radical (unpaired) electrons. The molecule has 0 unspecified atom stereocenters. The number of aryl methyl sites for hydroxylation is 4. The van der Waals surface area contributed by atoms with Crippen molar-refractivity contribution in [1.82, 2.24) is 14.8 Å². The predicted octanol–water partition coefficient (Wildman–Crippen LogP) is 3.75. The summed E-state index contributed by atoms with van der Waals surface area (Å²) in [6, 6.07) is 10.8. The molecule has 1 heterocycles. The number of anilines is 1. The van der Waals surface area contributed by atoms with Gasteiger partial charge in [-0.2, -0.15) is 0 Å². The summed E-state index contributed by atoms with van der Waals surface area (Å²) in [5, 5.41) is 11.5. The number of benzene rings is 2. The topological polar surface area (TPSA) is 94.0 Å². The largest absolute Gasteiger partial charge is 0.325 e. The molecule has 164 valence electrons. The predicted molar refractivity (Wildman–Crippen MR) is 123 cm³/mol. The van der Waals surface area contributed by atoms with Crippen molar-refractivity contribution in [3.63, 3.8) is 0 Å². The van der Waals surface area contributed by atoms with E-state index in [-0.39, 0.29) is 22.3 Å². The first-order valence-electron chi connectivity index (χ1n) is 9.75. The third kappa shape index (κ3) is 5.54. The Kier molecular flexibility index (Phi) is 6.86. The summed E-state index contributed by atoms with van der Waals surface area (Å²) in [6.07, 6.45) is 0. The molecule has 7 nitrogen and oxygen atoms in total. The van der Waals surface area contributed by atoms with Crippen molar-refractivity contribution in [2.45, 2.75) is 43.5 Å². The van der Waals surface area contributed by atoms with Crippen molar-refractivity contribution in [3.05, 3.63) is 64.5 Å². The maximum atomic E-state index is 12.7. The van der Waals surface area contributed by atoms with Crippen LogP contribution < -0.4 is 5.32 Å². The summed E-state index contributed by atoms with van der Waals surface area (Å²) in [5.74, 6) is 0.0583. The van der Waals surface area contributed by atoms with Gasteiger partial charge in [-0.1, -0.05) is 47.2 Å². The molecule has 0 saturated heterocycles. The second kappa shape index (κ2) is 9.23. The number of carbonyl (C=O) groups is 1. The Labute approximate surface area is 187 Å². The van der Waals surface area contributed by atoms with Crippen LogP contribution in [0, 0.1) is 27.7 Å². The summed E-state index contributed by atoms with van der Waals surface area (Å²) in [6.45, 7) is 7.85. The molecule has 0 fully saturated rings. The van der Waals surface area contributed by atoms with Gasteiger partial charge in [-0.15, -0.1) is 10.2 Å². The SMILES string of the molecule is Cc1ccc(S(=O)(=O)Cc2nnc(SCC(=O)Nc3c(C)cc(C)cc3C)n2C)cc1. The van der Waals surface area contributed by atoms with Gasteiger partial charge in [-0.05, 0) is 51.0 Å². The molecule has 0 aliphatic heterocycles. The molecular weight excluding hydrogens is 432 g/mol. The first-order valence-corrected chi connectivity index (χ1v) is 12.4. The zero-order valence-corrected chi connectivity index (χ0v) is 19.9. The maximum Gasteiger partial charge on any atom is 0.234 e. The number of sulfone groups is 1. The molecule has 1 amide bonds. The van der Waals surface area contributed by atoms with Crippen LogP contribution in [-0.2, 0) is 27.4 Å². The molecule has 0 aliphatic rings. The van der Waals surface area contributed by atoms with Crippen LogP contribution in [0.5, 0.6) is 0 Å². The van der Waals surface area contributed by atoms with Gasteiger partial charge >= 0.3 is 0 Å². The molecule has 9 heteroatoms. The van der Waals surface area contributed by atoms with Crippen LogP contribution in [0.2, 0.25) is 0 Å². The van der Waals surface area contributed by atoms with Crippen LogP contribution in [0.15, 0.2) is 46.5 Å². The van der Waals surface area contributed by atoms with E-state index in [9.17, 15) is 13.2 Å². The summed E-state index contributed by atoms with van der Waals surface area (Å²) >= 11 is 1.22. The van der Waals surface area contributed by atoms with E-state index in [1.54, 1.807) is 35.9 Å². The molecule has 1 N–H and O–H groups in total. The number of thioether (sulfide) groups is 1. The van der Waals surface area contributed by atoms with E-state index in [0.29, 0.717) is 11.0 Å². The van der Waals surface area contributed by atoms with E-state index in [1.165, 1.54) is 11.8 Å². The van der Waals surface area contributed by atoms with E-state index < -0.39 is 9.84 Å². The Bertz CT molecular complexity index is 1190. The van der Waals surface area contributed by atoms with Crippen molar-refractivity contribution < 1.29 is 13.2 Å². The smallest absolute Gasteiger partial charge is 0.234 e. The minimum atomic E-state index is -3.54. The minimum Gasteiger partial charge on any atom is -0.325 e. The van der Waals surface area contributed by atoms with Crippen LogP contribution in [0.3, 0.4) is 0 Å². The minimum absolute atomic E-state index is 0.142. The molecular formula is C22H26N4O3S2. The lowest BCUT2D eigenvalue weighted by Gasteiger charge is -2.12. The van der Waals surface area contributed by atoms with Crippen molar-refractivity contribution in [1.29, 1.82) is 0 Å². The lowest BCUT2D eigenvalue weighted by Crippen LogP contribution is -2.16. The average Bonchev–Trinajstić information content (AvgIpc) is 3.02. The second-order valence-electron chi connectivity index (χ2n) is 7.64. The summed E-state index contributed by atoms with van der Waals surface area (Å²) in [4.78, 5) is 12.7. The van der Waals surface area contributed by atoms with Gasteiger partial charge in [0.1, 0.15) is 11.6 Å². The lowest BCUT2D eigenvalue weighted by molar-refractivity contribution is -0.113. The molecule has 3 rings (SSSR count). The van der Waals surface area contributed by atoms with Crippen LogP contribution in [0.25, 0.3) is 0 Å². The highest BCUT2D eigenvalue weighted by Gasteiger charge is 2.21. The van der Waals surface area contributed by atoms with E-state index in [4.69, 9.17) is 0 Å².